The van der Waals surface area contributed by atoms with E-state index >= 15 is 0 Å². The van der Waals surface area contributed by atoms with E-state index in [2.05, 4.69) is 23.2 Å². The molecular formula is C23H18N2O3. The van der Waals surface area contributed by atoms with E-state index in [0.717, 1.165) is 22.2 Å². The van der Waals surface area contributed by atoms with Crippen molar-refractivity contribution in [2.75, 3.05) is 6.61 Å². The molecule has 138 valence electrons. The number of allylic oxidation sites excluding steroid dienone is 2. The van der Waals surface area contributed by atoms with Crippen molar-refractivity contribution in [3.8, 4) is 18.1 Å². The molecule has 2 bridgehead atoms. The first-order valence-electron chi connectivity index (χ1n) is 9.37. The Balaban J connectivity index is 1.52. The molecule has 5 rings (SSSR count). The molecule has 0 spiro atoms. The number of rotatable bonds is 4. The predicted octanol–water partition coefficient (Wildman–Crippen LogP) is 2.99. The Morgan fingerprint density at radius 1 is 1.11 bits per heavy atom. The average molecular weight is 370 g/mol. The SMILES string of the molecule is C#CCOc1ccc2ccccc2c1C=NN1C(=O)C2C3C=CC(C3)C2C1=O. The third kappa shape index (κ3) is 2.38. The van der Waals surface area contributed by atoms with Crippen LogP contribution in [0.4, 0.5) is 0 Å². The summed E-state index contributed by atoms with van der Waals surface area (Å²) < 4.78 is 5.66. The first kappa shape index (κ1) is 16.8. The first-order valence-corrected chi connectivity index (χ1v) is 9.37. The van der Waals surface area contributed by atoms with Gasteiger partial charge in [-0.2, -0.15) is 10.1 Å². The summed E-state index contributed by atoms with van der Waals surface area (Å²) in [4.78, 5) is 25.7. The first-order chi connectivity index (χ1) is 13.7. The number of imide groups is 1. The lowest BCUT2D eigenvalue weighted by Crippen LogP contribution is -2.28. The highest BCUT2D eigenvalue weighted by Gasteiger charge is 2.59. The molecule has 5 nitrogen and oxygen atoms in total. The van der Waals surface area contributed by atoms with Crippen LogP contribution in [0.1, 0.15) is 12.0 Å². The van der Waals surface area contributed by atoms with Gasteiger partial charge in [0.05, 0.1) is 18.1 Å². The molecule has 2 amide bonds. The maximum Gasteiger partial charge on any atom is 0.254 e. The van der Waals surface area contributed by atoms with E-state index in [1.165, 1.54) is 0 Å². The van der Waals surface area contributed by atoms with Gasteiger partial charge in [-0.25, -0.2) is 0 Å². The predicted molar refractivity (Wildman–Crippen MR) is 105 cm³/mol. The number of carbonyl (C=O) groups is 2. The second-order valence-corrected chi connectivity index (χ2v) is 7.42. The van der Waals surface area contributed by atoms with Gasteiger partial charge >= 0.3 is 0 Å². The van der Waals surface area contributed by atoms with Gasteiger partial charge in [-0.15, -0.1) is 6.42 Å². The molecule has 2 fully saturated rings. The van der Waals surface area contributed by atoms with E-state index in [-0.39, 0.29) is 42.1 Å². The molecule has 2 aromatic carbocycles. The van der Waals surface area contributed by atoms with Gasteiger partial charge in [-0.3, -0.25) is 9.59 Å². The third-order valence-electron chi connectivity index (χ3n) is 5.99. The van der Waals surface area contributed by atoms with E-state index in [4.69, 9.17) is 11.2 Å². The fraction of sp³-hybridized carbons (Fsp3) is 0.261. The number of amides is 2. The highest BCUT2D eigenvalue weighted by Crippen LogP contribution is 2.52. The van der Waals surface area contributed by atoms with Crippen molar-refractivity contribution < 1.29 is 14.3 Å². The zero-order valence-electron chi connectivity index (χ0n) is 15.1. The van der Waals surface area contributed by atoms with Crippen molar-refractivity contribution in [2.24, 2.45) is 28.8 Å². The Kier molecular flexibility index (Phi) is 3.80. The maximum absolute atomic E-state index is 12.8. The third-order valence-corrected chi connectivity index (χ3v) is 5.99. The number of hydrazone groups is 1. The number of carbonyl (C=O) groups excluding carboxylic acids is 2. The molecule has 4 atom stereocenters. The van der Waals surface area contributed by atoms with E-state index < -0.39 is 0 Å². The molecule has 28 heavy (non-hydrogen) atoms. The molecule has 5 heteroatoms. The summed E-state index contributed by atoms with van der Waals surface area (Å²) >= 11 is 0. The smallest absolute Gasteiger partial charge is 0.254 e. The van der Waals surface area contributed by atoms with Crippen molar-refractivity contribution in [1.82, 2.24) is 5.01 Å². The monoisotopic (exact) mass is 370 g/mol. The fourth-order valence-electron chi connectivity index (χ4n) is 4.77. The Morgan fingerprint density at radius 2 is 1.82 bits per heavy atom. The minimum atomic E-state index is -0.260. The van der Waals surface area contributed by atoms with E-state index in [0.29, 0.717) is 11.3 Å². The van der Waals surface area contributed by atoms with Gasteiger partial charge in [0.1, 0.15) is 12.4 Å². The number of benzene rings is 2. The lowest BCUT2D eigenvalue weighted by molar-refractivity contribution is -0.140. The summed E-state index contributed by atoms with van der Waals surface area (Å²) in [5, 5.41) is 7.28. The van der Waals surface area contributed by atoms with Crippen LogP contribution < -0.4 is 4.74 Å². The van der Waals surface area contributed by atoms with Crippen LogP contribution in [0.3, 0.4) is 0 Å². The van der Waals surface area contributed by atoms with Gasteiger partial charge in [0, 0.05) is 5.56 Å². The molecule has 0 aromatic heterocycles. The van der Waals surface area contributed by atoms with Gasteiger partial charge in [0.2, 0.25) is 0 Å². The van der Waals surface area contributed by atoms with Crippen LogP contribution in [0.25, 0.3) is 10.8 Å². The second-order valence-electron chi connectivity index (χ2n) is 7.42. The molecule has 2 aliphatic carbocycles. The van der Waals surface area contributed by atoms with E-state index in [9.17, 15) is 9.59 Å². The van der Waals surface area contributed by atoms with Crippen molar-refractivity contribution in [2.45, 2.75) is 6.42 Å². The largest absolute Gasteiger partial charge is 0.480 e. The lowest BCUT2D eigenvalue weighted by atomic mass is 9.85. The van der Waals surface area contributed by atoms with Crippen LogP contribution in [0.2, 0.25) is 0 Å². The summed E-state index contributed by atoms with van der Waals surface area (Å²) in [6, 6.07) is 11.6. The van der Waals surface area contributed by atoms with Crippen LogP contribution in [-0.4, -0.2) is 29.6 Å². The normalized spacial score (nSPS) is 27.8. The molecule has 4 unspecified atom stereocenters. The fourth-order valence-corrected chi connectivity index (χ4v) is 4.77. The zero-order chi connectivity index (χ0) is 19.3. The molecule has 2 aromatic rings. The minimum absolute atomic E-state index is 0.125. The van der Waals surface area contributed by atoms with Crippen LogP contribution in [0.15, 0.2) is 53.7 Å². The van der Waals surface area contributed by atoms with Crippen LogP contribution in [0.5, 0.6) is 5.75 Å². The van der Waals surface area contributed by atoms with Gasteiger partial charge in [-0.05, 0) is 35.1 Å². The standard InChI is InChI=1S/C23H18N2O3/c1-2-11-28-19-10-9-14-5-3-4-6-17(14)18(19)13-24-25-22(26)20-15-7-8-16(12-15)21(20)23(25)27/h1,3-10,13,15-16,20-21H,11-12H2. The zero-order valence-corrected chi connectivity index (χ0v) is 15.1. The molecular weight excluding hydrogens is 352 g/mol. The van der Waals surface area contributed by atoms with Gasteiger partial charge < -0.3 is 4.74 Å². The summed E-state index contributed by atoms with van der Waals surface area (Å²) in [7, 11) is 0. The van der Waals surface area contributed by atoms with Crippen molar-refractivity contribution in [3.63, 3.8) is 0 Å². The number of fused-ring (bicyclic) bond motifs is 6. The summed E-state index contributed by atoms with van der Waals surface area (Å²) in [5.41, 5.74) is 0.701. The van der Waals surface area contributed by atoms with Crippen LogP contribution in [0, 0.1) is 36.0 Å². The highest BCUT2D eigenvalue weighted by atomic mass is 16.5. The number of terminal acetylenes is 1. The molecule has 1 saturated heterocycles. The summed E-state index contributed by atoms with van der Waals surface area (Å²) in [6.45, 7) is 0.125. The van der Waals surface area contributed by atoms with Gasteiger partial charge in [0.25, 0.3) is 11.8 Å². The molecule has 3 aliphatic rings. The molecule has 1 aliphatic heterocycles. The molecule has 1 heterocycles. The average Bonchev–Trinajstić information content (AvgIpc) is 3.39. The number of hydrogen-bond donors (Lipinski definition) is 0. The van der Waals surface area contributed by atoms with Crippen molar-refractivity contribution >= 4 is 28.8 Å². The summed E-state index contributed by atoms with van der Waals surface area (Å²) in [6.07, 6.45) is 11.9. The summed E-state index contributed by atoms with van der Waals surface area (Å²) in [5.74, 6) is 2.44. The van der Waals surface area contributed by atoms with E-state index in [1.54, 1.807) is 6.21 Å². The Morgan fingerprint density at radius 3 is 2.54 bits per heavy atom. The second kappa shape index (κ2) is 6.35. The molecule has 1 saturated carbocycles. The Labute approximate surface area is 162 Å². The minimum Gasteiger partial charge on any atom is -0.480 e. The van der Waals surface area contributed by atoms with Crippen molar-refractivity contribution in [3.05, 3.63) is 54.1 Å². The molecule has 0 N–H and O–H groups in total. The maximum atomic E-state index is 12.8. The lowest BCUT2D eigenvalue weighted by Gasteiger charge is -2.13. The van der Waals surface area contributed by atoms with Crippen LogP contribution >= 0.6 is 0 Å². The Hall–Kier alpha value is -3.39. The van der Waals surface area contributed by atoms with Gasteiger partial charge in [0.15, 0.2) is 0 Å². The van der Waals surface area contributed by atoms with Crippen molar-refractivity contribution in [1.29, 1.82) is 0 Å². The van der Waals surface area contributed by atoms with E-state index in [1.807, 2.05) is 36.4 Å². The Bertz CT molecular complexity index is 1060. The number of nitrogens with zero attached hydrogens (tertiary/aromatic N) is 2. The topological polar surface area (TPSA) is 59.0 Å². The molecule has 0 radical (unpaired) electrons. The number of ether oxygens (including phenoxy) is 1. The van der Waals surface area contributed by atoms with Crippen LogP contribution in [-0.2, 0) is 9.59 Å². The highest BCUT2D eigenvalue weighted by molar-refractivity contribution is 6.08. The quantitative estimate of drug-likeness (QED) is 0.360. The number of hydrogen-bond acceptors (Lipinski definition) is 4. The van der Waals surface area contributed by atoms with Gasteiger partial charge in [-0.1, -0.05) is 48.4 Å².